The third kappa shape index (κ3) is 5.30. The van der Waals surface area contributed by atoms with Crippen molar-refractivity contribution in [1.29, 1.82) is 0 Å². The number of thiocarbonyl (C=S) groups is 1. The van der Waals surface area contributed by atoms with Crippen LogP contribution >= 0.6 is 35.4 Å². The van der Waals surface area contributed by atoms with Gasteiger partial charge in [-0.15, -0.1) is 0 Å². The van der Waals surface area contributed by atoms with E-state index in [1.807, 2.05) is 18.2 Å². The van der Waals surface area contributed by atoms with E-state index < -0.39 is 0 Å². The van der Waals surface area contributed by atoms with Crippen molar-refractivity contribution in [3.05, 3.63) is 69.7 Å². The molecule has 0 saturated heterocycles. The summed E-state index contributed by atoms with van der Waals surface area (Å²) in [6, 6.07) is 15.5. The monoisotopic (exact) mass is 351 g/mol. The van der Waals surface area contributed by atoms with Crippen LogP contribution in [0.2, 0.25) is 10.0 Å². The van der Waals surface area contributed by atoms with Crippen molar-refractivity contribution >= 4 is 46.7 Å². The Kier molecular flexibility index (Phi) is 6.65. The van der Waals surface area contributed by atoms with Crippen molar-refractivity contribution in [2.45, 2.75) is 6.42 Å². The lowest BCUT2D eigenvalue weighted by molar-refractivity contribution is 0.838. The van der Waals surface area contributed by atoms with E-state index in [1.54, 1.807) is 24.4 Å². The first-order valence-electron chi connectivity index (χ1n) is 6.71. The van der Waals surface area contributed by atoms with Crippen LogP contribution in [0.15, 0.2) is 53.6 Å². The topological polar surface area (TPSA) is 36.4 Å². The molecular formula is C16H15Cl2N3S. The molecule has 0 radical (unpaired) electrons. The van der Waals surface area contributed by atoms with Gasteiger partial charge in [-0.3, -0.25) is 5.43 Å². The van der Waals surface area contributed by atoms with Crippen molar-refractivity contribution in [3.63, 3.8) is 0 Å². The average molecular weight is 352 g/mol. The molecule has 0 spiro atoms. The summed E-state index contributed by atoms with van der Waals surface area (Å²) >= 11 is 17.2. The van der Waals surface area contributed by atoms with Gasteiger partial charge < -0.3 is 5.32 Å². The van der Waals surface area contributed by atoms with Crippen molar-refractivity contribution < 1.29 is 0 Å². The lowest BCUT2D eigenvalue weighted by Crippen LogP contribution is -2.33. The van der Waals surface area contributed by atoms with E-state index in [0.29, 0.717) is 20.7 Å². The van der Waals surface area contributed by atoms with Crippen LogP contribution in [0.5, 0.6) is 0 Å². The summed E-state index contributed by atoms with van der Waals surface area (Å²) in [4.78, 5) is 0. The second kappa shape index (κ2) is 8.73. The second-order valence-electron chi connectivity index (χ2n) is 4.50. The van der Waals surface area contributed by atoms with Crippen LogP contribution in [0.3, 0.4) is 0 Å². The molecule has 0 aliphatic rings. The van der Waals surface area contributed by atoms with Crippen molar-refractivity contribution in [3.8, 4) is 0 Å². The molecule has 0 unspecified atom stereocenters. The van der Waals surface area contributed by atoms with Gasteiger partial charge >= 0.3 is 0 Å². The molecule has 0 aliphatic carbocycles. The highest BCUT2D eigenvalue weighted by Crippen LogP contribution is 2.21. The van der Waals surface area contributed by atoms with Crippen molar-refractivity contribution in [2.75, 3.05) is 6.54 Å². The fourth-order valence-electron chi connectivity index (χ4n) is 1.79. The third-order valence-electron chi connectivity index (χ3n) is 2.90. The minimum atomic E-state index is 0.454. The molecule has 2 N–H and O–H groups in total. The van der Waals surface area contributed by atoms with Crippen LogP contribution in [-0.4, -0.2) is 17.9 Å². The first-order valence-corrected chi connectivity index (χ1v) is 7.88. The molecule has 114 valence electrons. The van der Waals surface area contributed by atoms with Crippen LogP contribution in [0.25, 0.3) is 0 Å². The van der Waals surface area contributed by atoms with Gasteiger partial charge in [0.05, 0.1) is 16.3 Å². The largest absolute Gasteiger partial charge is 0.361 e. The molecule has 2 rings (SSSR count). The molecule has 0 heterocycles. The molecule has 0 fully saturated rings. The molecule has 0 aromatic heterocycles. The Bertz CT molecular complexity index is 639. The van der Waals surface area contributed by atoms with Gasteiger partial charge in [-0.1, -0.05) is 59.6 Å². The smallest absolute Gasteiger partial charge is 0.186 e. The molecule has 2 aromatic carbocycles. The number of hydrogen-bond acceptors (Lipinski definition) is 2. The molecule has 0 amide bonds. The third-order valence-corrected chi connectivity index (χ3v) is 3.80. The molecule has 22 heavy (non-hydrogen) atoms. The average Bonchev–Trinajstić information content (AvgIpc) is 2.51. The van der Waals surface area contributed by atoms with Crippen LogP contribution in [-0.2, 0) is 6.42 Å². The Balaban J connectivity index is 1.77. The van der Waals surface area contributed by atoms with E-state index in [4.69, 9.17) is 35.4 Å². The summed E-state index contributed by atoms with van der Waals surface area (Å²) in [5.41, 5.74) is 4.66. The summed E-state index contributed by atoms with van der Waals surface area (Å²) in [7, 11) is 0. The summed E-state index contributed by atoms with van der Waals surface area (Å²) < 4.78 is 0. The maximum Gasteiger partial charge on any atom is 0.186 e. The molecule has 0 saturated carbocycles. The Hall–Kier alpha value is -1.62. The van der Waals surface area contributed by atoms with Gasteiger partial charge in [0.25, 0.3) is 0 Å². The molecule has 3 nitrogen and oxygen atoms in total. The van der Waals surface area contributed by atoms with Crippen molar-refractivity contribution in [2.24, 2.45) is 5.10 Å². The van der Waals surface area contributed by atoms with Gasteiger partial charge in [0.15, 0.2) is 5.11 Å². The number of halogens is 2. The maximum absolute atomic E-state index is 6.04. The quantitative estimate of drug-likeness (QED) is 0.485. The standard InChI is InChI=1S/C16H15Cl2N3S/c17-14-7-4-8-15(18)13(14)11-20-21-16(22)19-10-9-12-5-2-1-3-6-12/h1-8,11H,9-10H2,(H2,19,21,22)/b20-11+. The fraction of sp³-hybridized carbons (Fsp3) is 0.125. The zero-order valence-electron chi connectivity index (χ0n) is 11.7. The van der Waals surface area contributed by atoms with E-state index in [9.17, 15) is 0 Å². The Morgan fingerprint density at radius 1 is 1.05 bits per heavy atom. The maximum atomic E-state index is 6.04. The first kappa shape index (κ1) is 16.7. The summed E-state index contributed by atoms with van der Waals surface area (Å²) in [5, 5.41) is 8.67. The lowest BCUT2D eigenvalue weighted by atomic mass is 10.1. The SMILES string of the molecule is S=C(NCCc1ccccc1)N/N=C/c1c(Cl)cccc1Cl. The predicted octanol–water partition coefficient (Wildman–Crippen LogP) is 4.03. The van der Waals surface area contributed by atoms with Crippen LogP contribution in [0.1, 0.15) is 11.1 Å². The molecule has 0 bridgehead atoms. The zero-order chi connectivity index (χ0) is 15.8. The summed E-state index contributed by atoms with van der Waals surface area (Å²) in [6.07, 6.45) is 2.44. The molecule has 6 heteroatoms. The molecule has 2 aromatic rings. The minimum Gasteiger partial charge on any atom is -0.361 e. The number of nitrogens with one attached hydrogen (secondary N) is 2. The van der Waals surface area contributed by atoms with E-state index in [1.165, 1.54) is 5.56 Å². The zero-order valence-corrected chi connectivity index (χ0v) is 14.1. The predicted molar refractivity (Wildman–Crippen MR) is 97.9 cm³/mol. The molecule has 0 aliphatic heterocycles. The normalized spacial score (nSPS) is 10.6. The van der Waals surface area contributed by atoms with Gasteiger partial charge in [-0.2, -0.15) is 5.10 Å². The number of nitrogens with zero attached hydrogens (tertiary/aromatic N) is 1. The highest BCUT2D eigenvalue weighted by Gasteiger charge is 2.02. The Morgan fingerprint density at radius 3 is 2.41 bits per heavy atom. The minimum absolute atomic E-state index is 0.454. The van der Waals surface area contributed by atoms with Gasteiger partial charge in [0, 0.05) is 12.1 Å². The summed E-state index contributed by atoms with van der Waals surface area (Å²) in [6.45, 7) is 0.734. The number of benzene rings is 2. The van der Waals surface area contributed by atoms with Crippen LogP contribution < -0.4 is 10.7 Å². The lowest BCUT2D eigenvalue weighted by Gasteiger charge is -2.07. The molecule has 0 atom stereocenters. The highest BCUT2D eigenvalue weighted by atomic mass is 35.5. The van der Waals surface area contributed by atoms with Gasteiger partial charge in [0.1, 0.15) is 0 Å². The Morgan fingerprint density at radius 2 is 1.73 bits per heavy atom. The van der Waals surface area contributed by atoms with Crippen LogP contribution in [0, 0.1) is 0 Å². The second-order valence-corrected chi connectivity index (χ2v) is 5.72. The van der Waals surface area contributed by atoms with Gasteiger partial charge in [-0.25, -0.2) is 0 Å². The van der Waals surface area contributed by atoms with Gasteiger partial charge in [-0.05, 0) is 36.3 Å². The van der Waals surface area contributed by atoms with Crippen LogP contribution in [0.4, 0.5) is 0 Å². The summed E-state index contributed by atoms with van der Waals surface area (Å²) in [5.74, 6) is 0. The number of hydrazone groups is 1. The van der Waals surface area contributed by atoms with Gasteiger partial charge in [0.2, 0.25) is 0 Å². The fourth-order valence-corrected chi connectivity index (χ4v) is 2.44. The first-order chi connectivity index (χ1) is 10.7. The van der Waals surface area contributed by atoms with E-state index in [0.717, 1.165) is 13.0 Å². The highest BCUT2D eigenvalue weighted by molar-refractivity contribution is 7.80. The van der Waals surface area contributed by atoms with E-state index in [-0.39, 0.29) is 0 Å². The van der Waals surface area contributed by atoms with E-state index in [2.05, 4.69) is 28.0 Å². The Labute approximate surface area is 145 Å². The van der Waals surface area contributed by atoms with E-state index >= 15 is 0 Å². The number of hydrogen-bond donors (Lipinski definition) is 2. The van der Waals surface area contributed by atoms with Crippen molar-refractivity contribution in [1.82, 2.24) is 10.7 Å². The molecular weight excluding hydrogens is 337 g/mol. The number of rotatable bonds is 5.